The van der Waals surface area contributed by atoms with Crippen molar-refractivity contribution in [3.8, 4) is 0 Å². The van der Waals surface area contributed by atoms with Crippen LogP contribution in [-0.4, -0.2) is 22.5 Å². The predicted molar refractivity (Wildman–Crippen MR) is 66.0 cm³/mol. The highest BCUT2D eigenvalue weighted by Gasteiger charge is 2.33. The Balaban J connectivity index is 2.39. The molecule has 1 aromatic rings. The molecule has 0 bridgehead atoms. The Labute approximate surface area is 99.6 Å². The van der Waals surface area contributed by atoms with E-state index in [1.54, 1.807) is 0 Å². The van der Waals surface area contributed by atoms with Crippen LogP contribution in [0.25, 0.3) is 0 Å². The van der Waals surface area contributed by atoms with E-state index in [-0.39, 0.29) is 5.69 Å². The molecule has 0 radical (unpaired) electrons. The van der Waals surface area contributed by atoms with E-state index in [9.17, 15) is 10.1 Å². The highest BCUT2D eigenvalue weighted by molar-refractivity contribution is 5.62. The first-order chi connectivity index (χ1) is 8.13. The van der Waals surface area contributed by atoms with Gasteiger partial charge in [-0.2, -0.15) is 0 Å². The summed E-state index contributed by atoms with van der Waals surface area (Å²) in [7, 11) is 0. The lowest BCUT2D eigenvalue weighted by Gasteiger charge is -2.22. The van der Waals surface area contributed by atoms with Crippen molar-refractivity contribution in [2.75, 3.05) is 17.2 Å². The maximum absolute atomic E-state index is 11.0. The number of hydrogen-bond acceptors (Lipinski definition) is 5. The Hall–Kier alpha value is -1.85. The Morgan fingerprint density at radius 2 is 2.29 bits per heavy atom. The molecule has 1 fully saturated rings. The number of pyridine rings is 1. The average Bonchev–Trinajstić information content (AvgIpc) is 3.09. The molecule has 0 spiro atoms. The van der Waals surface area contributed by atoms with Gasteiger partial charge in [0.05, 0.1) is 4.92 Å². The summed E-state index contributed by atoms with van der Waals surface area (Å²) < 4.78 is 0. The fraction of sp³-hybridized carbons (Fsp3) is 0.545. The van der Waals surface area contributed by atoms with Crippen LogP contribution < -0.4 is 10.6 Å². The molecule has 6 heteroatoms. The van der Waals surface area contributed by atoms with Gasteiger partial charge in [-0.1, -0.05) is 6.92 Å². The van der Waals surface area contributed by atoms with E-state index in [0.717, 1.165) is 25.8 Å². The molecule has 6 nitrogen and oxygen atoms in total. The third-order valence-electron chi connectivity index (χ3n) is 2.80. The highest BCUT2D eigenvalue weighted by atomic mass is 16.6. The van der Waals surface area contributed by atoms with E-state index in [0.29, 0.717) is 17.7 Å². The van der Waals surface area contributed by atoms with Crippen LogP contribution in [0.3, 0.4) is 0 Å². The van der Waals surface area contributed by atoms with Crippen molar-refractivity contribution in [2.24, 2.45) is 0 Å². The molecule has 92 valence electrons. The first-order valence-electron chi connectivity index (χ1n) is 5.81. The quantitative estimate of drug-likeness (QED) is 0.623. The minimum absolute atomic E-state index is 0.0413. The predicted octanol–water partition coefficient (Wildman–Crippen LogP) is 1.95. The molecule has 0 amide bonds. The van der Waals surface area contributed by atoms with Crippen LogP contribution in [0.5, 0.6) is 0 Å². The van der Waals surface area contributed by atoms with Crippen molar-refractivity contribution >= 4 is 17.3 Å². The molecule has 0 saturated heterocycles. The van der Waals surface area contributed by atoms with E-state index in [1.807, 2.05) is 11.8 Å². The average molecular weight is 236 g/mol. The van der Waals surface area contributed by atoms with Crippen LogP contribution in [0.4, 0.5) is 17.3 Å². The minimum atomic E-state index is -0.396. The van der Waals surface area contributed by atoms with Gasteiger partial charge in [0.15, 0.2) is 0 Å². The zero-order valence-electron chi connectivity index (χ0n) is 9.80. The van der Waals surface area contributed by atoms with Crippen LogP contribution in [0, 0.1) is 10.1 Å². The van der Waals surface area contributed by atoms with Gasteiger partial charge in [0.1, 0.15) is 5.82 Å². The van der Waals surface area contributed by atoms with E-state index < -0.39 is 4.92 Å². The van der Waals surface area contributed by atoms with Crippen LogP contribution in [0.15, 0.2) is 12.1 Å². The smallest absolute Gasteiger partial charge is 0.311 e. The molecule has 0 aromatic carbocycles. The Bertz CT molecular complexity index is 431. The van der Waals surface area contributed by atoms with Crippen LogP contribution in [0.2, 0.25) is 0 Å². The fourth-order valence-corrected chi connectivity index (χ4v) is 1.90. The standard InChI is InChI=1S/C11H16N4O2/c1-2-7-14(8-3-4-8)11-9(15(16)17)5-6-10(12)13-11/h5-6,8H,2-4,7H2,1H3,(H2,12,13). The summed E-state index contributed by atoms with van der Waals surface area (Å²) in [6.45, 7) is 2.83. The third-order valence-corrected chi connectivity index (χ3v) is 2.80. The molecular formula is C11H16N4O2. The van der Waals surface area contributed by atoms with Gasteiger partial charge in [0.2, 0.25) is 5.82 Å². The molecule has 2 N–H and O–H groups in total. The molecule has 1 aliphatic rings. The molecule has 1 aromatic heterocycles. The van der Waals surface area contributed by atoms with Crippen molar-refractivity contribution in [1.82, 2.24) is 4.98 Å². The van der Waals surface area contributed by atoms with Crippen molar-refractivity contribution in [3.63, 3.8) is 0 Å². The largest absolute Gasteiger partial charge is 0.384 e. The van der Waals surface area contributed by atoms with Crippen LogP contribution >= 0.6 is 0 Å². The lowest BCUT2D eigenvalue weighted by atomic mass is 10.3. The molecule has 0 unspecified atom stereocenters. The van der Waals surface area contributed by atoms with Gasteiger partial charge in [-0.15, -0.1) is 0 Å². The Morgan fingerprint density at radius 1 is 1.59 bits per heavy atom. The summed E-state index contributed by atoms with van der Waals surface area (Å²) in [4.78, 5) is 16.7. The number of nitro groups is 1. The second-order valence-electron chi connectivity index (χ2n) is 4.26. The van der Waals surface area contributed by atoms with E-state index in [2.05, 4.69) is 4.98 Å². The highest BCUT2D eigenvalue weighted by Crippen LogP contribution is 2.35. The SMILES string of the molecule is CCCN(c1nc(N)ccc1[N+](=O)[O-])C1CC1. The summed E-state index contributed by atoms with van der Waals surface area (Å²) in [6.07, 6.45) is 3.09. The van der Waals surface area contributed by atoms with E-state index in [1.165, 1.54) is 12.1 Å². The van der Waals surface area contributed by atoms with Gasteiger partial charge in [0, 0.05) is 18.7 Å². The Morgan fingerprint density at radius 3 is 2.82 bits per heavy atom. The zero-order valence-corrected chi connectivity index (χ0v) is 9.80. The number of hydrogen-bond donors (Lipinski definition) is 1. The maximum Gasteiger partial charge on any atom is 0.311 e. The number of anilines is 2. The number of nitrogens with two attached hydrogens (primary N) is 1. The van der Waals surface area contributed by atoms with Crippen LogP contribution in [0.1, 0.15) is 26.2 Å². The maximum atomic E-state index is 11.0. The van der Waals surface area contributed by atoms with Crippen molar-refractivity contribution < 1.29 is 4.92 Å². The van der Waals surface area contributed by atoms with Gasteiger partial charge in [-0.05, 0) is 25.3 Å². The van der Waals surface area contributed by atoms with Gasteiger partial charge in [-0.25, -0.2) is 4.98 Å². The number of rotatable bonds is 5. The summed E-state index contributed by atoms with van der Waals surface area (Å²) >= 11 is 0. The summed E-state index contributed by atoms with van der Waals surface area (Å²) in [6, 6.07) is 3.30. The molecule has 1 saturated carbocycles. The summed E-state index contributed by atoms with van der Waals surface area (Å²) in [5.41, 5.74) is 5.66. The third kappa shape index (κ3) is 2.46. The molecule has 1 heterocycles. The van der Waals surface area contributed by atoms with Crippen molar-refractivity contribution in [1.29, 1.82) is 0 Å². The molecule has 0 aliphatic heterocycles. The van der Waals surface area contributed by atoms with E-state index in [4.69, 9.17) is 5.73 Å². The molecule has 1 aliphatic carbocycles. The monoisotopic (exact) mass is 236 g/mol. The topological polar surface area (TPSA) is 85.3 Å². The molecule has 0 atom stereocenters. The normalized spacial score (nSPS) is 14.6. The first-order valence-corrected chi connectivity index (χ1v) is 5.81. The molecule has 17 heavy (non-hydrogen) atoms. The summed E-state index contributed by atoms with van der Waals surface area (Å²) in [5.74, 6) is 0.742. The number of aromatic nitrogens is 1. The number of nitrogens with zero attached hydrogens (tertiary/aromatic N) is 3. The molecule has 2 rings (SSSR count). The van der Waals surface area contributed by atoms with Crippen LogP contribution in [-0.2, 0) is 0 Å². The Kier molecular flexibility index (Phi) is 3.12. The lowest BCUT2D eigenvalue weighted by molar-refractivity contribution is -0.384. The van der Waals surface area contributed by atoms with Gasteiger partial charge >= 0.3 is 5.69 Å². The van der Waals surface area contributed by atoms with Gasteiger partial charge in [0.25, 0.3) is 0 Å². The van der Waals surface area contributed by atoms with E-state index >= 15 is 0 Å². The molecular weight excluding hydrogens is 220 g/mol. The van der Waals surface area contributed by atoms with Gasteiger partial charge < -0.3 is 10.6 Å². The fourth-order valence-electron chi connectivity index (χ4n) is 1.90. The van der Waals surface area contributed by atoms with Crippen molar-refractivity contribution in [3.05, 3.63) is 22.2 Å². The minimum Gasteiger partial charge on any atom is -0.384 e. The number of nitrogen functional groups attached to an aromatic ring is 1. The second-order valence-corrected chi connectivity index (χ2v) is 4.26. The lowest BCUT2D eigenvalue weighted by Crippen LogP contribution is -2.28. The zero-order chi connectivity index (χ0) is 12.4. The first kappa shape index (κ1) is 11.6. The van der Waals surface area contributed by atoms with Crippen molar-refractivity contribution in [2.45, 2.75) is 32.2 Å². The van der Waals surface area contributed by atoms with Gasteiger partial charge in [-0.3, -0.25) is 10.1 Å². The summed E-state index contributed by atoms with van der Waals surface area (Å²) in [5, 5.41) is 11.0. The second kappa shape index (κ2) is 4.57.